The Bertz CT molecular complexity index is 251. The summed E-state index contributed by atoms with van der Waals surface area (Å²) in [6.07, 6.45) is 0. The lowest BCUT2D eigenvalue weighted by Crippen LogP contribution is -2.25. The van der Waals surface area contributed by atoms with E-state index in [0.29, 0.717) is 6.54 Å². The molecule has 0 saturated carbocycles. The number of hydrogen-bond donors (Lipinski definition) is 2. The van der Waals surface area contributed by atoms with Crippen molar-refractivity contribution in [2.75, 3.05) is 6.61 Å². The van der Waals surface area contributed by atoms with Crippen LogP contribution in [0.25, 0.3) is 0 Å². The first kappa shape index (κ1) is 8.74. The van der Waals surface area contributed by atoms with Crippen LogP contribution in [0.4, 0.5) is 0 Å². The molecule has 66 valence electrons. The molecule has 3 heteroatoms. The van der Waals surface area contributed by atoms with Gasteiger partial charge in [-0.1, -0.05) is 30.3 Å². The van der Waals surface area contributed by atoms with Gasteiger partial charge in [-0.2, -0.15) is 0 Å². The van der Waals surface area contributed by atoms with Gasteiger partial charge in [0.2, 0.25) is 5.91 Å². The van der Waals surface area contributed by atoms with Gasteiger partial charge in [-0.15, -0.1) is 0 Å². The largest absolute Gasteiger partial charge is 0.387 e. The van der Waals surface area contributed by atoms with E-state index < -0.39 is 6.61 Å². The van der Waals surface area contributed by atoms with Crippen LogP contribution in [-0.4, -0.2) is 17.6 Å². The highest BCUT2D eigenvalue weighted by Gasteiger charge is 1.96. The number of hydrogen-bond acceptors (Lipinski definition) is 2. The summed E-state index contributed by atoms with van der Waals surface area (Å²) in [5.41, 5.74) is 1.03. The van der Waals surface area contributed by atoms with Crippen molar-refractivity contribution in [3.05, 3.63) is 35.9 Å². The van der Waals surface area contributed by atoms with Crippen molar-refractivity contribution in [3.63, 3.8) is 0 Å². The van der Waals surface area contributed by atoms with E-state index in [1.807, 2.05) is 30.3 Å². The quantitative estimate of drug-likeness (QED) is 0.690. The number of carbonyl (C=O) groups excluding carboxylic acids is 1. The highest BCUT2D eigenvalue weighted by Crippen LogP contribution is 1.96. The van der Waals surface area contributed by atoms with Crippen molar-refractivity contribution in [2.45, 2.75) is 6.54 Å². The zero-order valence-corrected chi connectivity index (χ0v) is 6.66. The van der Waals surface area contributed by atoms with Crippen LogP contribution in [0, 0.1) is 0 Å². The van der Waals surface area contributed by atoms with Crippen molar-refractivity contribution in [2.24, 2.45) is 0 Å². The average molecular weight is 167 g/mol. The summed E-state index contributed by atoms with van der Waals surface area (Å²) in [5, 5.41) is 11.0. The molecular formula is C9H13NO2. The number of benzene rings is 1. The Labute approximate surface area is 72.5 Å². The molecule has 12 heavy (non-hydrogen) atoms. The molecule has 0 unspecified atom stereocenters. The summed E-state index contributed by atoms with van der Waals surface area (Å²) in [7, 11) is 0. The minimum atomic E-state index is -0.452. The lowest BCUT2D eigenvalue weighted by molar-refractivity contribution is -0.123. The standard InChI is InChI=1S/C9H11NO2.H2/c11-7-9(12)10-6-8-4-2-1-3-5-8;/h1-5,11H,6-7H2,(H,10,12);1H. The van der Waals surface area contributed by atoms with Gasteiger partial charge >= 0.3 is 0 Å². The van der Waals surface area contributed by atoms with Gasteiger partial charge in [-0.25, -0.2) is 0 Å². The van der Waals surface area contributed by atoms with Gasteiger partial charge in [0.1, 0.15) is 6.61 Å². The maximum atomic E-state index is 10.6. The fraction of sp³-hybridized carbons (Fsp3) is 0.222. The molecule has 1 amide bonds. The van der Waals surface area contributed by atoms with Crippen molar-refractivity contribution < 1.29 is 11.3 Å². The predicted octanol–water partition coefficient (Wildman–Crippen LogP) is 0.541. The number of nitrogens with one attached hydrogen (secondary N) is 1. The van der Waals surface area contributed by atoms with Crippen LogP contribution in [0.2, 0.25) is 0 Å². The molecule has 3 nitrogen and oxygen atoms in total. The summed E-state index contributed by atoms with van der Waals surface area (Å²) in [5.74, 6) is -0.348. The molecule has 0 atom stereocenters. The Morgan fingerprint density at radius 3 is 2.67 bits per heavy atom. The van der Waals surface area contributed by atoms with Crippen LogP contribution < -0.4 is 5.32 Å². The van der Waals surface area contributed by atoms with E-state index in [9.17, 15) is 4.79 Å². The van der Waals surface area contributed by atoms with Gasteiger partial charge in [0.15, 0.2) is 0 Å². The summed E-state index contributed by atoms with van der Waals surface area (Å²) >= 11 is 0. The Morgan fingerprint density at radius 2 is 2.08 bits per heavy atom. The summed E-state index contributed by atoms with van der Waals surface area (Å²) in [6, 6.07) is 9.55. The molecular weight excluding hydrogens is 154 g/mol. The summed E-state index contributed by atoms with van der Waals surface area (Å²) < 4.78 is 0. The Kier molecular flexibility index (Phi) is 3.29. The molecule has 0 spiro atoms. The van der Waals surface area contributed by atoms with Crippen molar-refractivity contribution in [1.29, 1.82) is 0 Å². The van der Waals surface area contributed by atoms with Crippen molar-refractivity contribution in [1.82, 2.24) is 5.32 Å². The monoisotopic (exact) mass is 167 g/mol. The first-order valence-electron chi connectivity index (χ1n) is 3.74. The molecule has 0 heterocycles. The average Bonchev–Trinajstić information content (AvgIpc) is 2.16. The highest BCUT2D eigenvalue weighted by atomic mass is 16.3. The van der Waals surface area contributed by atoms with Gasteiger partial charge in [-0.3, -0.25) is 4.79 Å². The molecule has 1 aromatic rings. The molecule has 0 radical (unpaired) electrons. The van der Waals surface area contributed by atoms with E-state index in [0.717, 1.165) is 5.56 Å². The van der Waals surface area contributed by atoms with E-state index in [1.54, 1.807) is 0 Å². The number of aliphatic hydroxyl groups excluding tert-OH is 1. The molecule has 2 N–H and O–H groups in total. The zero-order chi connectivity index (χ0) is 8.81. The highest BCUT2D eigenvalue weighted by molar-refractivity contribution is 5.76. The smallest absolute Gasteiger partial charge is 0.245 e. The zero-order valence-electron chi connectivity index (χ0n) is 6.66. The third-order valence-corrected chi connectivity index (χ3v) is 1.48. The van der Waals surface area contributed by atoms with E-state index in [2.05, 4.69) is 5.32 Å². The van der Waals surface area contributed by atoms with Gasteiger partial charge < -0.3 is 10.4 Å². The van der Waals surface area contributed by atoms with Crippen LogP contribution in [0.5, 0.6) is 0 Å². The lowest BCUT2D eigenvalue weighted by Gasteiger charge is -2.01. The molecule has 1 aromatic carbocycles. The molecule has 0 aliphatic carbocycles. The van der Waals surface area contributed by atoms with Crippen LogP contribution >= 0.6 is 0 Å². The lowest BCUT2D eigenvalue weighted by atomic mass is 10.2. The fourth-order valence-corrected chi connectivity index (χ4v) is 0.852. The Balaban J connectivity index is 0.00000144. The number of carbonyl (C=O) groups is 1. The second-order valence-corrected chi connectivity index (χ2v) is 2.42. The normalized spacial score (nSPS) is 9.42. The first-order chi connectivity index (χ1) is 5.83. The van der Waals surface area contributed by atoms with Crippen LogP contribution in [0.1, 0.15) is 6.99 Å². The van der Waals surface area contributed by atoms with Crippen LogP contribution in [-0.2, 0) is 11.3 Å². The van der Waals surface area contributed by atoms with E-state index in [1.165, 1.54) is 0 Å². The van der Waals surface area contributed by atoms with Crippen LogP contribution in [0.3, 0.4) is 0 Å². The molecule has 0 fully saturated rings. The van der Waals surface area contributed by atoms with Gasteiger partial charge in [0.05, 0.1) is 0 Å². The first-order valence-corrected chi connectivity index (χ1v) is 3.74. The summed E-state index contributed by atoms with van der Waals surface area (Å²) in [4.78, 5) is 10.6. The Hall–Kier alpha value is -1.35. The van der Waals surface area contributed by atoms with Gasteiger partial charge in [0.25, 0.3) is 0 Å². The third-order valence-electron chi connectivity index (χ3n) is 1.48. The predicted molar refractivity (Wildman–Crippen MR) is 47.5 cm³/mol. The second-order valence-electron chi connectivity index (χ2n) is 2.42. The maximum Gasteiger partial charge on any atom is 0.245 e. The fourth-order valence-electron chi connectivity index (χ4n) is 0.852. The van der Waals surface area contributed by atoms with Crippen molar-refractivity contribution >= 4 is 5.91 Å². The van der Waals surface area contributed by atoms with Gasteiger partial charge in [-0.05, 0) is 5.56 Å². The SMILES string of the molecule is O=C(CO)NCc1ccccc1.[HH]. The molecule has 0 bridgehead atoms. The minimum Gasteiger partial charge on any atom is -0.387 e. The van der Waals surface area contributed by atoms with Gasteiger partial charge in [0, 0.05) is 7.97 Å². The third kappa shape index (κ3) is 2.72. The molecule has 0 saturated heterocycles. The number of rotatable bonds is 3. The number of aliphatic hydroxyl groups is 1. The van der Waals surface area contributed by atoms with Crippen molar-refractivity contribution in [3.8, 4) is 0 Å². The van der Waals surface area contributed by atoms with E-state index >= 15 is 0 Å². The molecule has 0 aromatic heterocycles. The topological polar surface area (TPSA) is 49.3 Å². The maximum absolute atomic E-state index is 10.6. The Morgan fingerprint density at radius 1 is 1.42 bits per heavy atom. The minimum absolute atomic E-state index is 0. The van der Waals surface area contributed by atoms with Crippen LogP contribution in [0.15, 0.2) is 30.3 Å². The second kappa shape index (κ2) is 4.51. The molecule has 1 rings (SSSR count). The van der Waals surface area contributed by atoms with E-state index in [4.69, 9.17) is 5.11 Å². The molecule has 0 aliphatic rings. The molecule has 0 aliphatic heterocycles. The van der Waals surface area contributed by atoms with E-state index in [-0.39, 0.29) is 7.33 Å². The number of amides is 1. The summed E-state index contributed by atoms with van der Waals surface area (Å²) in [6.45, 7) is 0.0209.